The first kappa shape index (κ1) is 12.4. The number of anilines is 1. The zero-order valence-electron chi connectivity index (χ0n) is 9.47. The Morgan fingerprint density at radius 3 is 2.75 bits per heavy atom. The first-order valence-electron chi connectivity index (χ1n) is 5.08. The topological polar surface area (TPSA) is 78.4 Å². The molecule has 2 N–H and O–H groups in total. The smallest absolute Gasteiger partial charge is 0.356 e. The number of nitrogens with zero attached hydrogens (tertiary/aromatic N) is 3. The highest BCUT2D eigenvalue weighted by Crippen LogP contribution is 2.07. The van der Waals surface area contributed by atoms with Crippen molar-refractivity contribution in [3.05, 3.63) is 17.8 Å². The van der Waals surface area contributed by atoms with E-state index in [4.69, 9.17) is 5.11 Å². The highest BCUT2D eigenvalue weighted by Gasteiger charge is 2.07. The molecule has 0 aliphatic rings. The van der Waals surface area contributed by atoms with E-state index in [0.717, 1.165) is 19.5 Å². The molecule has 6 nitrogen and oxygen atoms in total. The maximum absolute atomic E-state index is 10.6. The Balaban J connectivity index is 2.56. The van der Waals surface area contributed by atoms with Crippen molar-refractivity contribution >= 4 is 11.8 Å². The van der Waals surface area contributed by atoms with Gasteiger partial charge in [-0.1, -0.05) is 0 Å². The standard InChI is InChI=1S/C10H16N4O2/c1-11-6-3-7-14(2)9-5-4-8(10(15)16)12-13-9/h4-5,11H,3,6-7H2,1-2H3,(H,15,16). The fourth-order valence-corrected chi connectivity index (χ4v) is 1.25. The van der Waals surface area contributed by atoms with Gasteiger partial charge in [-0.2, -0.15) is 0 Å². The number of nitrogens with one attached hydrogen (secondary N) is 1. The molecule has 1 rings (SSSR count). The van der Waals surface area contributed by atoms with Crippen molar-refractivity contribution in [2.45, 2.75) is 6.42 Å². The number of rotatable bonds is 6. The van der Waals surface area contributed by atoms with Gasteiger partial charge in [-0.15, -0.1) is 10.2 Å². The van der Waals surface area contributed by atoms with Crippen LogP contribution in [-0.2, 0) is 0 Å². The first-order valence-corrected chi connectivity index (χ1v) is 5.08. The zero-order valence-corrected chi connectivity index (χ0v) is 9.47. The molecule has 1 heterocycles. The summed E-state index contributed by atoms with van der Waals surface area (Å²) in [4.78, 5) is 12.5. The molecule has 88 valence electrons. The Bertz CT molecular complexity index is 339. The summed E-state index contributed by atoms with van der Waals surface area (Å²) in [7, 11) is 3.81. The van der Waals surface area contributed by atoms with Gasteiger partial charge in [0.1, 0.15) is 0 Å². The van der Waals surface area contributed by atoms with E-state index in [1.54, 1.807) is 6.07 Å². The molecular formula is C10H16N4O2. The van der Waals surface area contributed by atoms with E-state index in [2.05, 4.69) is 15.5 Å². The van der Waals surface area contributed by atoms with Crippen LogP contribution in [-0.4, -0.2) is 48.5 Å². The summed E-state index contributed by atoms with van der Waals surface area (Å²) in [6.07, 6.45) is 0.995. The van der Waals surface area contributed by atoms with Crippen molar-refractivity contribution in [2.24, 2.45) is 0 Å². The average molecular weight is 224 g/mol. The third-order valence-electron chi connectivity index (χ3n) is 2.18. The number of carboxylic acids is 1. The number of carbonyl (C=O) groups is 1. The summed E-state index contributed by atoms with van der Waals surface area (Å²) in [5.41, 5.74) is -0.0348. The van der Waals surface area contributed by atoms with E-state index in [0.29, 0.717) is 5.82 Å². The van der Waals surface area contributed by atoms with E-state index in [1.807, 2.05) is 19.0 Å². The highest BCUT2D eigenvalue weighted by atomic mass is 16.4. The lowest BCUT2D eigenvalue weighted by atomic mass is 10.3. The summed E-state index contributed by atoms with van der Waals surface area (Å²) < 4.78 is 0. The van der Waals surface area contributed by atoms with Gasteiger partial charge in [0, 0.05) is 13.6 Å². The van der Waals surface area contributed by atoms with Crippen LogP contribution in [0.3, 0.4) is 0 Å². The summed E-state index contributed by atoms with van der Waals surface area (Å²) >= 11 is 0. The molecule has 0 saturated carbocycles. The number of hydrogen-bond donors (Lipinski definition) is 2. The molecule has 16 heavy (non-hydrogen) atoms. The van der Waals surface area contributed by atoms with Gasteiger partial charge >= 0.3 is 5.97 Å². The number of hydrogen-bond acceptors (Lipinski definition) is 5. The summed E-state index contributed by atoms with van der Waals surface area (Å²) in [6.45, 7) is 1.78. The fraction of sp³-hybridized carbons (Fsp3) is 0.500. The van der Waals surface area contributed by atoms with E-state index >= 15 is 0 Å². The molecule has 0 fully saturated rings. The van der Waals surface area contributed by atoms with Crippen LogP contribution in [0.15, 0.2) is 12.1 Å². The van der Waals surface area contributed by atoms with Crippen molar-refractivity contribution in [3.8, 4) is 0 Å². The first-order chi connectivity index (χ1) is 7.65. The van der Waals surface area contributed by atoms with Crippen molar-refractivity contribution in [1.29, 1.82) is 0 Å². The Hall–Kier alpha value is -1.69. The summed E-state index contributed by atoms with van der Waals surface area (Å²) in [5, 5.41) is 19.2. The molecule has 0 aromatic carbocycles. The second-order valence-electron chi connectivity index (χ2n) is 3.46. The van der Waals surface area contributed by atoms with Gasteiger partial charge in [0.2, 0.25) is 0 Å². The molecule has 0 unspecified atom stereocenters. The van der Waals surface area contributed by atoms with Crippen molar-refractivity contribution < 1.29 is 9.90 Å². The second-order valence-corrected chi connectivity index (χ2v) is 3.46. The largest absolute Gasteiger partial charge is 0.476 e. The fourth-order valence-electron chi connectivity index (χ4n) is 1.25. The molecule has 0 amide bonds. The van der Waals surface area contributed by atoms with Gasteiger partial charge < -0.3 is 15.3 Å². The van der Waals surface area contributed by atoms with E-state index < -0.39 is 5.97 Å². The molecule has 1 aromatic heterocycles. The maximum Gasteiger partial charge on any atom is 0.356 e. The summed E-state index contributed by atoms with van der Waals surface area (Å²) in [5.74, 6) is -0.377. The maximum atomic E-state index is 10.6. The Morgan fingerprint density at radius 1 is 1.50 bits per heavy atom. The molecule has 0 spiro atoms. The highest BCUT2D eigenvalue weighted by molar-refractivity contribution is 5.85. The molecule has 6 heteroatoms. The quantitative estimate of drug-likeness (QED) is 0.673. The summed E-state index contributed by atoms with van der Waals surface area (Å²) in [6, 6.07) is 3.12. The zero-order chi connectivity index (χ0) is 12.0. The number of aromatic carboxylic acids is 1. The van der Waals surface area contributed by atoms with Crippen molar-refractivity contribution in [3.63, 3.8) is 0 Å². The third-order valence-corrected chi connectivity index (χ3v) is 2.18. The molecular weight excluding hydrogens is 208 g/mol. The van der Waals surface area contributed by atoms with Gasteiger partial charge in [-0.25, -0.2) is 4.79 Å². The van der Waals surface area contributed by atoms with Crippen LogP contribution < -0.4 is 10.2 Å². The van der Waals surface area contributed by atoms with Gasteiger partial charge in [0.15, 0.2) is 11.5 Å². The van der Waals surface area contributed by atoms with Crippen LogP contribution in [0, 0.1) is 0 Å². The third kappa shape index (κ3) is 3.47. The predicted octanol–water partition coefficient (Wildman–Crippen LogP) is 0.220. The van der Waals surface area contributed by atoms with Gasteiger partial charge in [-0.3, -0.25) is 0 Å². The lowest BCUT2D eigenvalue weighted by Gasteiger charge is -2.16. The SMILES string of the molecule is CNCCCN(C)c1ccc(C(=O)O)nn1. The van der Waals surface area contributed by atoms with Crippen LogP contribution in [0.2, 0.25) is 0 Å². The van der Waals surface area contributed by atoms with E-state index in [-0.39, 0.29) is 5.69 Å². The van der Waals surface area contributed by atoms with Gasteiger partial charge in [0.25, 0.3) is 0 Å². The molecule has 1 aromatic rings. The van der Waals surface area contributed by atoms with Gasteiger partial charge in [-0.05, 0) is 32.1 Å². The Kier molecular flexibility index (Phi) is 4.65. The van der Waals surface area contributed by atoms with Crippen LogP contribution in [0.25, 0.3) is 0 Å². The molecule has 0 aliphatic heterocycles. The Morgan fingerprint density at radius 2 is 2.25 bits per heavy atom. The van der Waals surface area contributed by atoms with Crippen molar-refractivity contribution in [1.82, 2.24) is 15.5 Å². The molecule has 0 radical (unpaired) electrons. The predicted molar refractivity (Wildman–Crippen MR) is 60.8 cm³/mol. The second kappa shape index (κ2) is 6.02. The number of carboxylic acid groups (broad SMARTS) is 1. The van der Waals surface area contributed by atoms with Crippen molar-refractivity contribution in [2.75, 3.05) is 32.1 Å². The molecule has 0 bridgehead atoms. The van der Waals surface area contributed by atoms with E-state index in [9.17, 15) is 4.79 Å². The normalized spacial score (nSPS) is 10.1. The number of aromatic nitrogens is 2. The minimum absolute atomic E-state index is 0.0348. The average Bonchev–Trinajstić information content (AvgIpc) is 2.29. The minimum Gasteiger partial charge on any atom is -0.476 e. The monoisotopic (exact) mass is 224 g/mol. The van der Waals surface area contributed by atoms with E-state index in [1.165, 1.54) is 6.07 Å². The molecule has 0 saturated heterocycles. The minimum atomic E-state index is -1.06. The lowest BCUT2D eigenvalue weighted by Crippen LogP contribution is -2.23. The van der Waals surface area contributed by atoms with Crippen LogP contribution in [0.5, 0.6) is 0 Å². The van der Waals surface area contributed by atoms with Crippen LogP contribution in [0.1, 0.15) is 16.9 Å². The van der Waals surface area contributed by atoms with Crippen LogP contribution >= 0.6 is 0 Å². The molecule has 0 aliphatic carbocycles. The van der Waals surface area contributed by atoms with Gasteiger partial charge in [0.05, 0.1) is 0 Å². The lowest BCUT2D eigenvalue weighted by molar-refractivity contribution is 0.0689. The Labute approximate surface area is 94.3 Å². The van der Waals surface area contributed by atoms with Crippen LogP contribution in [0.4, 0.5) is 5.82 Å². The molecule has 0 atom stereocenters.